The van der Waals surface area contributed by atoms with Gasteiger partial charge in [-0.3, -0.25) is 0 Å². The summed E-state index contributed by atoms with van der Waals surface area (Å²) in [4.78, 5) is 13.4. The van der Waals surface area contributed by atoms with E-state index in [4.69, 9.17) is 4.74 Å². The van der Waals surface area contributed by atoms with Crippen LogP contribution in [0.2, 0.25) is 0 Å². The summed E-state index contributed by atoms with van der Waals surface area (Å²) in [5, 5.41) is 1.07. The normalized spacial score (nSPS) is 34.0. The van der Waals surface area contributed by atoms with Crippen molar-refractivity contribution in [3.05, 3.63) is 36.0 Å². The van der Waals surface area contributed by atoms with Crippen molar-refractivity contribution < 1.29 is 9.53 Å². The highest BCUT2D eigenvalue weighted by atomic mass is 16.6. The van der Waals surface area contributed by atoms with Crippen LogP contribution >= 0.6 is 0 Å². The number of rotatable bonds is 4. The van der Waals surface area contributed by atoms with E-state index < -0.39 is 0 Å². The molecule has 2 aromatic rings. The van der Waals surface area contributed by atoms with E-state index in [1.165, 1.54) is 56.9 Å². The van der Waals surface area contributed by atoms with Gasteiger partial charge in [0.05, 0.1) is 5.56 Å². The molecular weight excluding hydrogens is 358 g/mol. The number of hydrogen-bond donors (Lipinski definition) is 0. The summed E-state index contributed by atoms with van der Waals surface area (Å²) >= 11 is 0. The number of carbonyl (C=O) groups excluding carboxylic acids is 1. The van der Waals surface area contributed by atoms with Crippen LogP contribution in [0.15, 0.2) is 30.5 Å². The predicted octanol–water partition coefficient (Wildman–Crippen LogP) is 6.35. The number of carbonyl (C=O) groups is 1. The van der Waals surface area contributed by atoms with Gasteiger partial charge >= 0.3 is 5.97 Å². The smallest absolute Gasteiger partial charge is 0.340 e. The van der Waals surface area contributed by atoms with Crippen molar-refractivity contribution >= 4 is 16.9 Å². The molecule has 1 heterocycles. The summed E-state index contributed by atoms with van der Waals surface area (Å²) in [5.74, 6) is 3.04. The third kappa shape index (κ3) is 3.21. The van der Waals surface area contributed by atoms with Gasteiger partial charge in [-0.05, 0) is 81.1 Å². The average Bonchev–Trinajstić information content (AvgIpc) is 3.06. The highest BCUT2D eigenvalue weighted by Gasteiger charge is 2.53. The number of esters is 1. The quantitative estimate of drug-likeness (QED) is 0.569. The monoisotopic (exact) mass is 391 g/mol. The molecular formula is C26H33NO2. The minimum atomic E-state index is -0.168. The first-order valence-corrected chi connectivity index (χ1v) is 12.0. The second-order valence-corrected chi connectivity index (χ2v) is 10.7. The van der Waals surface area contributed by atoms with E-state index in [1.807, 2.05) is 0 Å². The van der Waals surface area contributed by atoms with Gasteiger partial charge in [0, 0.05) is 23.6 Å². The van der Waals surface area contributed by atoms with Gasteiger partial charge in [-0.1, -0.05) is 37.5 Å². The molecule has 5 saturated carbocycles. The van der Waals surface area contributed by atoms with Gasteiger partial charge in [0.1, 0.15) is 5.60 Å². The third-order valence-electron chi connectivity index (χ3n) is 8.48. The number of para-hydroxylation sites is 1. The molecule has 5 aliphatic rings. The third-order valence-corrected chi connectivity index (χ3v) is 8.48. The van der Waals surface area contributed by atoms with Crippen molar-refractivity contribution in [3.8, 4) is 0 Å². The maximum Gasteiger partial charge on any atom is 0.340 e. The predicted molar refractivity (Wildman–Crippen MR) is 115 cm³/mol. The maximum atomic E-state index is 13.4. The molecule has 0 N–H and O–H groups in total. The molecule has 5 aliphatic carbocycles. The Hall–Kier alpha value is -1.77. The zero-order chi connectivity index (χ0) is 19.4. The highest BCUT2D eigenvalue weighted by molar-refractivity contribution is 6.04. The van der Waals surface area contributed by atoms with Crippen molar-refractivity contribution in [1.82, 2.24) is 4.57 Å². The van der Waals surface area contributed by atoms with E-state index in [0.29, 0.717) is 0 Å². The molecule has 7 rings (SSSR count). The van der Waals surface area contributed by atoms with Gasteiger partial charge in [0.25, 0.3) is 0 Å². The summed E-state index contributed by atoms with van der Waals surface area (Å²) in [6, 6.07) is 8.41. The fourth-order valence-electron chi connectivity index (χ4n) is 7.62. The van der Waals surface area contributed by atoms with Gasteiger partial charge in [-0.25, -0.2) is 4.79 Å². The van der Waals surface area contributed by atoms with E-state index in [2.05, 4.69) is 35.0 Å². The van der Waals surface area contributed by atoms with E-state index in [0.717, 1.165) is 60.4 Å². The minimum Gasteiger partial charge on any atom is -0.455 e. The summed E-state index contributed by atoms with van der Waals surface area (Å²) in [6.45, 7) is 1.03. The number of fused-ring (bicyclic) bond motifs is 1. The molecule has 0 atom stereocenters. The van der Waals surface area contributed by atoms with Crippen LogP contribution in [0.5, 0.6) is 0 Å². The summed E-state index contributed by atoms with van der Waals surface area (Å²) in [7, 11) is 0. The minimum absolute atomic E-state index is 0.0782. The number of nitrogens with zero attached hydrogens (tertiary/aromatic N) is 1. The Bertz CT molecular complexity index is 885. The molecule has 3 heteroatoms. The first kappa shape index (κ1) is 18.0. The molecule has 5 fully saturated rings. The molecule has 3 nitrogen and oxygen atoms in total. The van der Waals surface area contributed by atoms with Crippen LogP contribution in [0.1, 0.15) is 81.0 Å². The van der Waals surface area contributed by atoms with Crippen molar-refractivity contribution in [2.75, 3.05) is 0 Å². The largest absolute Gasteiger partial charge is 0.455 e. The SMILES string of the molecule is O=C(OC12CC3CC(CC(C3)C1)C2)c1cn(CC2CCCCC2)c2ccccc12. The molecule has 1 aromatic carbocycles. The fraction of sp³-hybridized carbons (Fsp3) is 0.654. The van der Waals surface area contributed by atoms with Crippen LogP contribution in [-0.2, 0) is 11.3 Å². The van der Waals surface area contributed by atoms with Crippen molar-refractivity contribution in [3.63, 3.8) is 0 Å². The maximum absolute atomic E-state index is 13.4. The van der Waals surface area contributed by atoms with E-state index in [1.54, 1.807) is 0 Å². The molecule has 0 saturated heterocycles. The molecule has 0 unspecified atom stereocenters. The van der Waals surface area contributed by atoms with E-state index in [-0.39, 0.29) is 11.6 Å². The Morgan fingerprint density at radius 3 is 2.31 bits per heavy atom. The average molecular weight is 392 g/mol. The van der Waals surface area contributed by atoms with Crippen LogP contribution in [0.3, 0.4) is 0 Å². The number of ether oxygens (including phenoxy) is 1. The molecule has 4 bridgehead atoms. The second-order valence-electron chi connectivity index (χ2n) is 10.7. The highest BCUT2D eigenvalue weighted by Crippen LogP contribution is 2.57. The van der Waals surface area contributed by atoms with E-state index in [9.17, 15) is 4.79 Å². The Kier molecular flexibility index (Phi) is 4.28. The van der Waals surface area contributed by atoms with Gasteiger partial charge in [-0.15, -0.1) is 0 Å². The zero-order valence-electron chi connectivity index (χ0n) is 17.4. The Labute approximate surface area is 173 Å². The van der Waals surface area contributed by atoms with Gasteiger partial charge in [-0.2, -0.15) is 0 Å². The van der Waals surface area contributed by atoms with Crippen molar-refractivity contribution in [2.24, 2.45) is 23.7 Å². The fourth-order valence-corrected chi connectivity index (χ4v) is 7.62. The van der Waals surface area contributed by atoms with Gasteiger partial charge in [0.2, 0.25) is 0 Å². The summed E-state index contributed by atoms with van der Waals surface area (Å²) in [6.07, 6.45) is 16.2. The lowest BCUT2D eigenvalue weighted by atomic mass is 9.54. The van der Waals surface area contributed by atoms with Crippen LogP contribution in [0.4, 0.5) is 0 Å². The molecule has 0 radical (unpaired) electrons. The second kappa shape index (κ2) is 6.89. The Balaban J connectivity index is 1.28. The molecule has 0 amide bonds. The molecule has 154 valence electrons. The van der Waals surface area contributed by atoms with Gasteiger partial charge in [0.15, 0.2) is 0 Å². The van der Waals surface area contributed by atoms with Crippen LogP contribution in [0.25, 0.3) is 10.9 Å². The summed E-state index contributed by atoms with van der Waals surface area (Å²) in [5.41, 5.74) is 1.81. The Morgan fingerprint density at radius 2 is 1.62 bits per heavy atom. The lowest BCUT2D eigenvalue weighted by Crippen LogP contribution is -2.52. The van der Waals surface area contributed by atoms with Crippen LogP contribution < -0.4 is 0 Å². The van der Waals surface area contributed by atoms with Crippen molar-refractivity contribution in [1.29, 1.82) is 0 Å². The molecule has 0 aliphatic heterocycles. The lowest BCUT2D eigenvalue weighted by molar-refractivity contribution is -0.131. The summed E-state index contributed by atoms with van der Waals surface area (Å²) < 4.78 is 8.73. The van der Waals surface area contributed by atoms with Crippen LogP contribution in [0, 0.1) is 23.7 Å². The van der Waals surface area contributed by atoms with Crippen LogP contribution in [-0.4, -0.2) is 16.1 Å². The standard InChI is InChI=1S/C26H33NO2/c28-25(29-26-13-19-10-20(14-26)12-21(11-19)15-26)23-17-27(16-18-6-2-1-3-7-18)24-9-5-4-8-22(23)24/h4-5,8-9,17-21H,1-3,6-7,10-16H2. The molecule has 29 heavy (non-hydrogen) atoms. The first-order chi connectivity index (χ1) is 14.2. The zero-order valence-corrected chi connectivity index (χ0v) is 17.4. The first-order valence-electron chi connectivity index (χ1n) is 12.0. The van der Waals surface area contributed by atoms with Gasteiger partial charge < -0.3 is 9.30 Å². The lowest BCUT2D eigenvalue weighted by Gasteiger charge is -2.55. The topological polar surface area (TPSA) is 31.2 Å². The number of hydrogen-bond acceptors (Lipinski definition) is 2. The Morgan fingerprint density at radius 1 is 0.966 bits per heavy atom. The molecule has 1 aromatic heterocycles. The number of aromatic nitrogens is 1. The van der Waals surface area contributed by atoms with E-state index >= 15 is 0 Å². The molecule has 0 spiro atoms. The van der Waals surface area contributed by atoms with Crippen molar-refractivity contribution in [2.45, 2.75) is 82.8 Å². The number of benzene rings is 1.